The van der Waals surface area contributed by atoms with E-state index in [2.05, 4.69) is 4.99 Å². The molecule has 0 N–H and O–H groups in total. The van der Waals surface area contributed by atoms with Crippen LogP contribution >= 0.6 is 22.7 Å². The summed E-state index contributed by atoms with van der Waals surface area (Å²) in [5, 5.41) is 2.00. The molecule has 2 aromatic heterocycles. The highest BCUT2D eigenvalue weighted by Gasteiger charge is 2.33. The molecule has 0 unspecified atom stereocenters. The molecular weight excluding hydrogens is 456 g/mol. The Morgan fingerprint density at radius 1 is 1.21 bits per heavy atom. The number of carbonyl (C=O) groups excluding carboxylic acids is 1. The molecule has 1 aromatic carbocycles. The molecule has 0 bridgehead atoms. The minimum absolute atomic E-state index is 0.0477. The van der Waals surface area contributed by atoms with E-state index in [1.807, 2.05) is 62.6 Å². The summed E-state index contributed by atoms with van der Waals surface area (Å²) in [7, 11) is 0. The molecule has 1 aliphatic rings. The standard InChI is InChI=1S/C25H26N2O4S2/c1-6-30-24(29)21-16(5)26-25-27(22(21)17-7-9-18(10-8-17)31-14(2)3)23(28)20(33-25)13-19-15(4)11-12-32-19/h7-14,22H,6H2,1-5H3/t22-/m0/s1. The number of thiazole rings is 1. The SMILES string of the molecule is CCOC(=O)C1=C(C)N=c2sc(=Cc3sccc3C)c(=O)n2[C@H]1c1ccc(OC(C)C)cc1. The van der Waals surface area contributed by atoms with E-state index < -0.39 is 12.0 Å². The van der Waals surface area contributed by atoms with Crippen molar-refractivity contribution in [2.45, 2.75) is 46.8 Å². The molecule has 0 radical (unpaired) electrons. The number of allylic oxidation sites excluding steroid dienone is 1. The molecule has 3 heterocycles. The van der Waals surface area contributed by atoms with Crippen molar-refractivity contribution in [3.05, 3.63) is 82.7 Å². The zero-order chi connectivity index (χ0) is 23.7. The molecule has 0 spiro atoms. The van der Waals surface area contributed by atoms with Crippen molar-refractivity contribution in [2.24, 2.45) is 4.99 Å². The number of esters is 1. The number of fused-ring (bicyclic) bond motifs is 1. The molecule has 0 saturated heterocycles. The van der Waals surface area contributed by atoms with Crippen molar-refractivity contribution >= 4 is 34.7 Å². The van der Waals surface area contributed by atoms with Crippen LogP contribution in [-0.4, -0.2) is 23.2 Å². The number of benzene rings is 1. The van der Waals surface area contributed by atoms with Gasteiger partial charge in [0.05, 0.1) is 34.6 Å². The first-order valence-electron chi connectivity index (χ1n) is 10.8. The molecule has 6 nitrogen and oxygen atoms in total. The van der Waals surface area contributed by atoms with Crippen LogP contribution in [0.3, 0.4) is 0 Å². The fraction of sp³-hybridized carbons (Fsp3) is 0.320. The third-order valence-corrected chi connectivity index (χ3v) is 7.20. The number of nitrogens with zero attached hydrogens (tertiary/aromatic N) is 2. The maximum absolute atomic E-state index is 13.6. The number of hydrogen-bond donors (Lipinski definition) is 0. The lowest BCUT2D eigenvalue weighted by Crippen LogP contribution is -2.39. The first-order chi connectivity index (χ1) is 15.8. The Kier molecular flexibility index (Phi) is 6.67. The maximum Gasteiger partial charge on any atom is 0.338 e. The highest BCUT2D eigenvalue weighted by molar-refractivity contribution is 7.11. The molecule has 1 atom stereocenters. The predicted molar refractivity (Wildman–Crippen MR) is 132 cm³/mol. The van der Waals surface area contributed by atoms with E-state index in [0.29, 0.717) is 20.6 Å². The van der Waals surface area contributed by atoms with Crippen molar-refractivity contribution in [3.8, 4) is 5.75 Å². The topological polar surface area (TPSA) is 69.9 Å². The van der Waals surface area contributed by atoms with Gasteiger partial charge in [0.2, 0.25) is 0 Å². The fourth-order valence-electron chi connectivity index (χ4n) is 3.76. The van der Waals surface area contributed by atoms with E-state index in [1.165, 1.54) is 11.3 Å². The summed E-state index contributed by atoms with van der Waals surface area (Å²) in [6.45, 7) is 9.74. The molecule has 1 aliphatic heterocycles. The quantitative estimate of drug-likeness (QED) is 0.499. The third-order valence-electron chi connectivity index (χ3n) is 5.25. The van der Waals surface area contributed by atoms with Gasteiger partial charge >= 0.3 is 5.97 Å². The largest absolute Gasteiger partial charge is 0.491 e. The summed E-state index contributed by atoms with van der Waals surface area (Å²) in [5.41, 5.74) is 2.67. The number of aryl methyl sites for hydroxylation is 1. The van der Waals surface area contributed by atoms with Gasteiger partial charge in [-0.05, 0) is 75.4 Å². The van der Waals surface area contributed by atoms with Gasteiger partial charge in [0, 0.05) is 4.88 Å². The summed E-state index contributed by atoms with van der Waals surface area (Å²) in [6, 6.07) is 8.90. The van der Waals surface area contributed by atoms with Crippen LogP contribution in [0.4, 0.5) is 0 Å². The van der Waals surface area contributed by atoms with Crippen molar-refractivity contribution < 1.29 is 14.3 Å². The van der Waals surface area contributed by atoms with Crippen molar-refractivity contribution in [1.82, 2.24) is 4.57 Å². The molecular formula is C25H26N2O4S2. The molecule has 3 aromatic rings. The van der Waals surface area contributed by atoms with E-state index in [-0.39, 0.29) is 18.3 Å². The Morgan fingerprint density at radius 2 is 1.94 bits per heavy atom. The zero-order valence-electron chi connectivity index (χ0n) is 19.2. The van der Waals surface area contributed by atoms with Crippen LogP contribution in [0, 0.1) is 6.92 Å². The lowest BCUT2D eigenvalue weighted by atomic mass is 9.96. The Labute approximate surface area is 200 Å². The van der Waals surface area contributed by atoms with Gasteiger partial charge in [-0.25, -0.2) is 9.79 Å². The Morgan fingerprint density at radius 3 is 2.55 bits per heavy atom. The van der Waals surface area contributed by atoms with Crippen LogP contribution < -0.4 is 19.6 Å². The lowest BCUT2D eigenvalue weighted by molar-refractivity contribution is -0.139. The molecule has 0 amide bonds. The monoisotopic (exact) mass is 482 g/mol. The first kappa shape index (κ1) is 23.2. The second kappa shape index (κ2) is 9.49. The van der Waals surface area contributed by atoms with E-state index in [0.717, 1.165) is 21.8 Å². The summed E-state index contributed by atoms with van der Waals surface area (Å²) >= 11 is 2.92. The van der Waals surface area contributed by atoms with Crippen molar-refractivity contribution in [2.75, 3.05) is 6.61 Å². The van der Waals surface area contributed by atoms with Crippen LogP contribution in [-0.2, 0) is 9.53 Å². The highest BCUT2D eigenvalue weighted by atomic mass is 32.1. The number of aromatic nitrogens is 1. The Hall–Kier alpha value is -2.97. The number of carbonyl (C=O) groups is 1. The van der Waals surface area contributed by atoms with Gasteiger partial charge in [-0.1, -0.05) is 23.5 Å². The second-order valence-electron chi connectivity index (χ2n) is 8.01. The molecule has 0 saturated carbocycles. The van der Waals surface area contributed by atoms with Crippen LogP contribution in [0.1, 0.15) is 49.7 Å². The average molecular weight is 483 g/mol. The Bertz CT molecular complexity index is 1390. The summed E-state index contributed by atoms with van der Waals surface area (Å²) in [4.78, 5) is 32.7. The van der Waals surface area contributed by atoms with Crippen LogP contribution in [0.15, 0.2) is 56.8 Å². The highest BCUT2D eigenvalue weighted by Crippen LogP contribution is 2.31. The fourth-order valence-corrected chi connectivity index (χ4v) is 5.72. The average Bonchev–Trinajstić information content (AvgIpc) is 3.30. The van der Waals surface area contributed by atoms with Gasteiger partial charge < -0.3 is 9.47 Å². The van der Waals surface area contributed by atoms with Crippen LogP contribution in [0.25, 0.3) is 6.08 Å². The molecule has 33 heavy (non-hydrogen) atoms. The van der Waals surface area contributed by atoms with Gasteiger partial charge in [-0.3, -0.25) is 9.36 Å². The van der Waals surface area contributed by atoms with Crippen LogP contribution in [0.5, 0.6) is 5.75 Å². The molecule has 8 heteroatoms. The van der Waals surface area contributed by atoms with Gasteiger partial charge in [-0.2, -0.15) is 0 Å². The van der Waals surface area contributed by atoms with Gasteiger partial charge in [0.15, 0.2) is 4.80 Å². The van der Waals surface area contributed by atoms with E-state index in [4.69, 9.17) is 9.47 Å². The number of hydrogen-bond acceptors (Lipinski definition) is 7. The lowest BCUT2D eigenvalue weighted by Gasteiger charge is -2.25. The number of ether oxygens (including phenoxy) is 2. The minimum Gasteiger partial charge on any atom is -0.491 e. The molecule has 4 rings (SSSR count). The normalized spacial score (nSPS) is 16.1. The second-order valence-corrected chi connectivity index (χ2v) is 9.96. The summed E-state index contributed by atoms with van der Waals surface area (Å²) in [6.07, 6.45) is 1.95. The summed E-state index contributed by atoms with van der Waals surface area (Å²) in [5.74, 6) is 0.266. The molecule has 0 fully saturated rings. The van der Waals surface area contributed by atoms with E-state index in [9.17, 15) is 9.59 Å². The van der Waals surface area contributed by atoms with Crippen LogP contribution in [0.2, 0.25) is 0 Å². The Balaban J connectivity index is 1.90. The number of thiophene rings is 1. The van der Waals surface area contributed by atoms with Gasteiger partial charge in [0.25, 0.3) is 5.56 Å². The predicted octanol–water partition coefficient (Wildman–Crippen LogP) is 3.96. The number of rotatable bonds is 6. The first-order valence-corrected chi connectivity index (χ1v) is 12.5. The maximum atomic E-state index is 13.6. The summed E-state index contributed by atoms with van der Waals surface area (Å²) < 4.78 is 13.3. The third kappa shape index (κ3) is 4.58. The smallest absolute Gasteiger partial charge is 0.338 e. The molecule has 0 aliphatic carbocycles. The minimum atomic E-state index is -0.625. The van der Waals surface area contributed by atoms with Gasteiger partial charge in [0.1, 0.15) is 5.75 Å². The van der Waals surface area contributed by atoms with Crippen molar-refractivity contribution in [1.29, 1.82) is 0 Å². The van der Waals surface area contributed by atoms with E-state index in [1.54, 1.807) is 29.8 Å². The van der Waals surface area contributed by atoms with Crippen molar-refractivity contribution in [3.63, 3.8) is 0 Å². The van der Waals surface area contributed by atoms with E-state index >= 15 is 0 Å². The molecule has 172 valence electrons. The van der Waals surface area contributed by atoms with Gasteiger partial charge in [-0.15, -0.1) is 11.3 Å². The zero-order valence-corrected chi connectivity index (χ0v) is 20.9.